The maximum atomic E-state index is 12.8. The van der Waals surface area contributed by atoms with E-state index in [4.69, 9.17) is 28.2 Å². The molecule has 0 bridgehead atoms. The van der Waals surface area contributed by atoms with Crippen LogP contribution >= 0.6 is 35.0 Å². The number of nitriles is 1. The number of carbonyl (C=O) groups excluding carboxylic acids is 1. The van der Waals surface area contributed by atoms with Crippen molar-refractivity contribution < 1.29 is 4.79 Å². The zero-order valence-electron chi connectivity index (χ0n) is 16.3. The molecule has 1 unspecified atom stereocenters. The normalized spacial score (nSPS) is 14.8. The molecule has 2 aromatic rings. The number of benzene rings is 1. The monoisotopic (exact) mass is 447 g/mol. The second-order valence-electron chi connectivity index (χ2n) is 7.11. The molecule has 1 aliphatic rings. The highest BCUT2D eigenvalue weighted by molar-refractivity contribution is 8.00. The van der Waals surface area contributed by atoms with Crippen molar-refractivity contribution in [1.29, 1.82) is 5.26 Å². The van der Waals surface area contributed by atoms with Crippen LogP contribution in [0.3, 0.4) is 0 Å². The maximum absolute atomic E-state index is 12.8. The number of halogens is 2. The van der Waals surface area contributed by atoms with Crippen LogP contribution in [0.1, 0.15) is 55.8 Å². The summed E-state index contributed by atoms with van der Waals surface area (Å²) >= 11 is 13.3. The van der Waals surface area contributed by atoms with E-state index in [0.717, 1.165) is 31.4 Å². The molecule has 152 valence electrons. The lowest BCUT2D eigenvalue weighted by molar-refractivity contribution is -0.115. The smallest absolute Gasteiger partial charge is 0.237 e. The van der Waals surface area contributed by atoms with Gasteiger partial charge in [0, 0.05) is 11.4 Å². The molecule has 7 heteroatoms. The zero-order valence-corrected chi connectivity index (χ0v) is 18.6. The van der Waals surface area contributed by atoms with E-state index in [0.29, 0.717) is 32.7 Å². The molecule has 4 nitrogen and oxygen atoms in total. The molecule has 1 amide bonds. The molecule has 0 saturated heterocycles. The van der Waals surface area contributed by atoms with Crippen LogP contribution in [0.25, 0.3) is 0 Å². The number of fused-ring (bicyclic) bond motifs is 1. The molecule has 1 aromatic carbocycles. The van der Waals surface area contributed by atoms with E-state index >= 15 is 0 Å². The number of aromatic nitrogens is 1. The number of hydrogen-bond donors (Lipinski definition) is 1. The minimum absolute atomic E-state index is 0.145. The van der Waals surface area contributed by atoms with Gasteiger partial charge in [0.05, 0.1) is 20.9 Å². The number of hydrogen-bond acceptors (Lipinski definition) is 4. The van der Waals surface area contributed by atoms with Crippen LogP contribution in [0.4, 0.5) is 5.69 Å². The van der Waals surface area contributed by atoms with Gasteiger partial charge >= 0.3 is 0 Å². The first-order chi connectivity index (χ1) is 14.0. The van der Waals surface area contributed by atoms with Gasteiger partial charge in [0.15, 0.2) is 0 Å². The molecule has 29 heavy (non-hydrogen) atoms. The first-order valence-corrected chi connectivity index (χ1v) is 11.5. The number of pyridine rings is 1. The number of thioether (sulfide) groups is 1. The molecule has 1 aromatic heterocycles. The highest BCUT2D eigenvalue weighted by Gasteiger charge is 2.22. The van der Waals surface area contributed by atoms with Crippen LogP contribution in [-0.2, 0) is 17.6 Å². The summed E-state index contributed by atoms with van der Waals surface area (Å²) in [6.45, 7) is 1.95. The Kier molecular flexibility index (Phi) is 7.83. The van der Waals surface area contributed by atoms with Gasteiger partial charge < -0.3 is 5.32 Å². The summed E-state index contributed by atoms with van der Waals surface area (Å²) in [4.78, 5) is 17.6. The summed E-state index contributed by atoms with van der Waals surface area (Å²) in [6, 6.07) is 9.23. The molecular formula is C22H23Cl2N3OS. The Labute approximate surface area is 186 Å². The quantitative estimate of drug-likeness (QED) is 0.536. The molecule has 3 rings (SSSR count). The highest BCUT2D eigenvalue weighted by atomic mass is 35.5. The SMILES string of the molecule is CCC(Sc1nc2c(cc1C#N)CCCCCC2)C(=O)Nc1ccc(Cl)c(Cl)c1. The van der Waals surface area contributed by atoms with E-state index in [1.165, 1.54) is 30.2 Å². The van der Waals surface area contributed by atoms with Gasteiger partial charge in [-0.25, -0.2) is 4.98 Å². The largest absolute Gasteiger partial charge is 0.325 e. The Bertz CT molecular complexity index is 942. The van der Waals surface area contributed by atoms with Crippen LogP contribution in [0.15, 0.2) is 29.3 Å². The van der Waals surface area contributed by atoms with Crippen LogP contribution in [0, 0.1) is 11.3 Å². The van der Waals surface area contributed by atoms with Crippen molar-refractivity contribution in [2.75, 3.05) is 5.32 Å². The van der Waals surface area contributed by atoms with Gasteiger partial charge in [0.1, 0.15) is 11.1 Å². The van der Waals surface area contributed by atoms with Crippen molar-refractivity contribution in [3.63, 3.8) is 0 Å². The van der Waals surface area contributed by atoms with Gasteiger partial charge in [-0.15, -0.1) is 0 Å². The Morgan fingerprint density at radius 1 is 1.21 bits per heavy atom. The summed E-state index contributed by atoms with van der Waals surface area (Å²) in [5, 5.41) is 13.6. The standard InChI is InChI=1S/C22H23Cl2N3OS/c1-2-20(21(28)26-16-9-10-17(23)18(24)12-16)29-22-15(13-25)11-14-7-5-3-4-6-8-19(14)27-22/h9-12,20H,2-8H2,1H3,(H,26,28). The lowest BCUT2D eigenvalue weighted by atomic mass is 9.96. The minimum Gasteiger partial charge on any atom is -0.325 e. The number of nitrogens with zero attached hydrogens (tertiary/aromatic N) is 2. The van der Waals surface area contributed by atoms with E-state index in [9.17, 15) is 10.1 Å². The summed E-state index contributed by atoms with van der Waals surface area (Å²) in [5.74, 6) is -0.145. The maximum Gasteiger partial charge on any atom is 0.237 e. The Morgan fingerprint density at radius 2 is 1.97 bits per heavy atom. The molecule has 0 radical (unpaired) electrons. The molecule has 0 saturated carbocycles. The topological polar surface area (TPSA) is 65.8 Å². The van der Waals surface area contributed by atoms with Gasteiger partial charge in [-0.1, -0.05) is 54.7 Å². The molecule has 0 fully saturated rings. The lowest BCUT2D eigenvalue weighted by Crippen LogP contribution is -2.25. The van der Waals surface area contributed by atoms with Crippen molar-refractivity contribution in [3.05, 3.63) is 51.1 Å². The van der Waals surface area contributed by atoms with Crippen LogP contribution in [-0.4, -0.2) is 16.1 Å². The molecule has 1 N–H and O–H groups in total. The summed E-state index contributed by atoms with van der Waals surface area (Å²) in [6.07, 6.45) is 7.21. The predicted octanol–water partition coefficient (Wildman–Crippen LogP) is 6.43. The van der Waals surface area contributed by atoms with Crippen LogP contribution < -0.4 is 5.32 Å². The number of carbonyl (C=O) groups is 1. The molecule has 0 aliphatic heterocycles. The third-order valence-corrected chi connectivity index (χ3v) is 7.10. The Balaban J connectivity index is 1.80. The molecule has 0 spiro atoms. The van der Waals surface area contributed by atoms with Crippen LogP contribution in [0.5, 0.6) is 0 Å². The van der Waals surface area contributed by atoms with E-state index < -0.39 is 0 Å². The average Bonchev–Trinajstić information content (AvgIpc) is 2.69. The molecule has 1 atom stereocenters. The second-order valence-corrected chi connectivity index (χ2v) is 9.11. The first kappa shape index (κ1) is 22.0. The fraction of sp³-hybridized carbons (Fsp3) is 0.409. The summed E-state index contributed by atoms with van der Waals surface area (Å²) in [5.41, 5.74) is 3.40. The predicted molar refractivity (Wildman–Crippen MR) is 120 cm³/mol. The van der Waals surface area contributed by atoms with Crippen molar-refractivity contribution in [3.8, 4) is 6.07 Å². The van der Waals surface area contributed by atoms with Crippen molar-refractivity contribution in [2.45, 2.75) is 62.1 Å². The minimum atomic E-state index is -0.365. The third kappa shape index (κ3) is 5.66. The molecule has 1 heterocycles. The lowest BCUT2D eigenvalue weighted by Gasteiger charge is -2.18. The fourth-order valence-corrected chi connectivity index (χ4v) is 4.69. The van der Waals surface area contributed by atoms with Gasteiger partial charge in [-0.2, -0.15) is 5.26 Å². The number of rotatable bonds is 5. The van der Waals surface area contributed by atoms with E-state index in [-0.39, 0.29) is 11.2 Å². The number of anilines is 1. The van der Waals surface area contributed by atoms with Crippen LogP contribution in [0.2, 0.25) is 10.0 Å². The average molecular weight is 448 g/mol. The van der Waals surface area contributed by atoms with Gasteiger partial charge in [-0.05, 0) is 61.9 Å². The molecule has 1 aliphatic carbocycles. The second kappa shape index (κ2) is 10.3. The Morgan fingerprint density at radius 3 is 2.66 bits per heavy atom. The number of amides is 1. The fourth-order valence-electron chi connectivity index (χ4n) is 3.39. The summed E-state index contributed by atoms with van der Waals surface area (Å²) < 4.78 is 0. The van der Waals surface area contributed by atoms with Crippen molar-refractivity contribution >= 4 is 46.6 Å². The Hall–Kier alpha value is -1.74. The van der Waals surface area contributed by atoms with Gasteiger partial charge in [0.25, 0.3) is 0 Å². The van der Waals surface area contributed by atoms with Gasteiger partial charge in [0.2, 0.25) is 5.91 Å². The van der Waals surface area contributed by atoms with Gasteiger partial charge in [-0.3, -0.25) is 4.79 Å². The van der Waals surface area contributed by atoms with E-state index in [1.807, 2.05) is 13.0 Å². The number of aryl methyl sites for hydroxylation is 2. The van der Waals surface area contributed by atoms with E-state index in [2.05, 4.69) is 11.4 Å². The first-order valence-electron chi connectivity index (χ1n) is 9.87. The van der Waals surface area contributed by atoms with Crippen molar-refractivity contribution in [2.24, 2.45) is 0 Å². The molecular weight excluding hydrogens is 425 g/mol. The third-order valence-electron chi connectivity index (χ3n) is 4.99. The highest BCUT2D eigenvalue weighted by Crippen LogP contribution is 2.31. The zero-order chi connectivity index (χ0) is 20.8. The number of nitrogens with one attached hydrogen (secondary N) is 1. The summed E-state index contributed by atoms with van der Waals surface area (Å²) in [7, 11) is 0. The van der Waals surface area contributed by atoms with Crippen molar-refractivity contribution in [1.82, 2.24) is 4.98 Å². The van der Waals surface area contributed by atoms with E-state index in [1.54, 1.807) is 18.2 Å².